The Morgan fingerprint density at radius 3 is 2.89 bits per heavy atom. The summed E-state index contributed by atoms with van der Waals surface area (Å²) in [6, 6.07) is 14.9. The van der Waals surface area contributed by atoms with Gasteiger partial charge in [0, 0.05) is 37.9 Å². The predicted octanol–water partition coefficient (Wildman–Crippen LogP) is 4.42. The molecule has 3 fully saturated rings. The number of nitriles is 1. The first-order valence-corrected chi connectivity index (χ1v) is 12.6. The minimum absolute atomic E-state index is 0.109. The van der Waals surface area contributed by atoms with Crippen LogP contribution in [0.25, 0.3) is 0 Å². The van der Waals surface area contributed by atoms with Crippen LogP contribution in [0.5, 0.6) is 0 Å². The number of rotatable bonds is 6. The Hall–Kier alpha value is -2.95. The van der Waals surface area contributed by atoms with E-state index < -0.39 is 0 Å². The number of nitrogens with zero attached hydrogens (tertiary/aromatic N) is 3. The molecule has 2 aromatic rings. The van der Waals surface area contributed by atoms with Gasteiger partial charge >= 0.3 is 6.03 Å². The van der Waals surface area contributed by atoms with Crippen molar-refractivity contribution >= 4 is 11.7 Å². The van der Waals surface area contributed by atoms with E-state index in [4.69, 9.17) is 0 Å². The molecule has 1 saturated heterocycles. The summed E-state index contributed by atoms with van der Waals surface area (Å²) in [5, 5.41) is 22.1. The highest BCUT2D eigenvalue weighted by Crippen LogP contribution is 2.62. The normalized spacial score (nSPS) is 27.7. The summed E-state index contributed by atoms with van der Waals surface area (Å²) in [6.45, 7) is 4.47. The maximum absolute atomic E-state index is 14.1. The summed E-state index contributed by atoms with van der Waals surface area (Å²) in [7, 11) is 0. The summed E-state index contributed by atoms with van der Waals surface area (Å²) in [4.78, 5) is 17.5. The van der Waals surface area contributed by atoms with Crippen LogP contribution < -0.4 is 5.32 Å². The fraction of sp³-hybridized carbons (Fsp3) is 0.500. The lowest BCUT2D eigenvalue weighted by Crippen LogP contribution is -2.48. The van der Waals surface area contributed by atoms with Crippen molar-refractivity contribution in [3.05, 3.63) is 65.0 Å². The van der Waals surface area contributed by atoms with E-state index in [0.717, 1.165) is 38.6 Å². The van der Waals surface area contributed by atoms with E-state index in [9.17, 15) is 19.6 Å². The zero-order chi connectivity index (χ0) is 24.6. The summed E-state index contributed by atoms with van der Waals surface area (Å²) in [5.74, 6) is 0.163. The molecule has 7 heteroatoms. The van der Waals surface area contributed by atoms with Gasteiger partial charge in [-0.25, -0.2) is 9.18 Å². The molecule has 2 N–H and O–H groups in total. The Kier molecular flexibility index (Phi) is 6.52. The average Bonchev–Trinajstić information content (AvgIpc) is 3.46. The molecule has 1 aliphatic heterocycles. The molecule has 2 aromatic carbocycles. The van der Waals surface area contributed by atoms with E-state index in [1.165, 1.54) is 11.6 Å². The largest absolute Gasteiger partial charge is 0.392 e. The van der Waals surface area contributed by atoms with Gasteiger partial charge in [0.2, 0.25) is 0 Å². The number of benzene rings is 2. The number of aryl methyl sites for hydroxylation is 1. The molecular weight excluding hydrogens is 443 g/mol. The highest BCUT2D eigenvalue weighted by molar-refractivity contribution is 5.89. The minimum Gasteiger partial charge on any atom is -0.392 e. The third-order valence-electron chi connectivity index (χ3n) is 8.31. The van der Waals surface area contributed by atoms with Crippen molar-refractivity contribution < 1.29 is 14.3 Å². The molecular formula is C28H33FN4O2. The van der Waals surface area contributed by atoms with Gasteiger partial charge in [-0.3, -0.25) is 4.90 Å². The van der Waals surface area contributed by atoms with Crippen molar-refractivity contribution in [3.8, 4) is 6.07 Å². The molecule has 0 spiro atoms. The molecule has 4 atom stereocenters. The van der Waals surface area contributed by atoms with E-state index in [1.807, 2.05) is 23.1 Å². The van der Waals surface area contributed by atoms with Crippen molar-refractivity contribution in [2.24, 2.45) is 5.92 Å². The lowest BCUT2D eigenvalue weighted by atomic mass is 9.80. The third kappa shape index (κ3) is 4.91. The van der Waals surface area contributed by atoms with Crippen molar-refractivity contribution in [2.45, 2.75) is 56.6 Å². The van der Waals surface area contributed by atoms with Gasteiger partial charge in [0.1, 0.15) is 5.82 Å². The molecule has 184 valence electrons. The Morgan fingerprint density at radius 1 is 1.31 bits per heavy atom. The van der Waals surface area contributed by atoms with Gasteiger partial charge in [-0.15, -0.1) is 0 Å². The SMILES string of the molecule is Cc1ccc(NC(=O)N(CCN2CC[C@@H](O)C2)C2CC[C@]3(c4cccc(C#N)c4)CC3C2)cc1F. The van der Waals surface area contributed by atoms with Crippen LogP contribution in [0.3, 0.4) is 0 Å². The smallest absolute Gasteiger partial charge is 0.322 e. The van der Waals surface area contributed by atoms with Crippen LogP contribution in [0.4, 0.5) is 14.9 Å². The molecule has 0 aromatic heterocycles. The van der Waals surface area contributed by atoms with Gasteiger partial charge in [0.25, 0.3) is 0 Å². The lowest BCUT2D eigenvalue weighted by molar-refractivity contribution is 0.142. The van der Waals surface area contributed by atoms with E-state index in [0.29, 0.717) is 42.4 Å². The van der Waals surface area contributed by atoms with Crippen molar-refractivity contribution in [3.63, 3.8) is 0 Å². The van der Waals surface area contributed by atoms with Crippen LogP contribution in [0.2, 0.25) is 0 Å². The number of fused-ring (bicyclic) bond motifs is 1. The number of carbonyl (C=O) groups is 1. The number of aliphatic hydroxyl groups excluding tert-OH is 1. The highest BCUT2D eigenvalue weighted by Gasteiger charge is 2.58. The number of β-amino-alcohol motifs (C(OH)–C–C–N with tert-alkyl or cyclic N) is 1. The van der Waals surface area contributed by atoms with E-state index in [2.05, 4.69) is 22.4 Å². The maximum Gasteiger partial charge on any atom is 0.322 e. The molecule has 2 saturated carbocycles. The van der Waals surface area contributed by atoms with Crippen LogP contribution in [0, 0.1) is 30.0 Å². The van der Waals surface area contributed by atoms with Crippen molar-refractivity contribution in [2.75, 3.05) is 31.5 Å². The number of carbonyl (C=O) groups excluding carboxylic acids is 1. The molecule has 2 unspecified atom stereocenters. The average molecular weight is 477 g/mol. The lowest BCUT2D eigenvalue weighted by Gasteiger charge is -2.37. The first-order valence-electron chi connectivity index (χ1n) is 12.6. The van der Waals surface area contributed by atoms with Crippen molar-refractivity contribution in [1.29, 1.82) is 5.26 Å². The molecule has 3 aliphatic rings. The minimum atomic E-state index is -0.333. The zero-order valence-electron chi connectivity index (χ0n) is 20.2. The molecule has 6 nitrogen and oxygen atoms in total. The Morgan fingerprint density at radius 2 is 2.17 bits per heavy atom. The summed E-state index contributed by atoms with van der Waals surface area (Å²) >= 11 is 0. The first kappa shape index (κ1) is 23.8. The predicted molar refractivity (Wildman–Crippen MR) is 133 cm³/mol. The van der Waals surface area contributed by atoms with Crippen LogP contribution >= 0.6 is 0 Å². The van der Waals surface area contributed by atoms with Gasteiger partial charge in [-0.1, -0.05) is 18.2 Å². The van der Waals surface area contributed by atoms with Gasteiger partial charge in [-0.05, 0) is 85.8 Å². The second-order valence-corrected chi connectivity index (χ2v) is 10.5. The molecule has 2 aliphatic carbocycles. The molecule has 35 heavy (non-hydrogen) atoms. The summed E-state index contributed by atoms with van der Waals surface area (Å²) in [6.07, 6.45) is 4.38. The first-order chi connectivity index (χ1) is 16.9. The topological polar surface area (TPSA) is 79.6 Å². The van der Waals surface area contributed by atoms with E-state index >= 15 is 0 Å². The number of halogens is 1. The molecule has 2 amide bonds. The summed E-state index contributed by atoms with van der Waals surface area (Å²) in [5.41, 5.74) is 3.08. The van der Waals surface area contributed by atoms with Crippen molar-refractivity contribution in [1.82, 2.24) is 9.80 Å². The van der Waals surface area contributed by atoms with Crippen LogP contribution in [-0.4, -0.2) is 59.3 Å². The number of anilines is 1. The Labute approximate surface area is 206 Å². The fourth-order valence-electron chi connectivity index (χ4n) is 6.13. The fourth-order valence-corrected chi connectivity index (χ4v) is 6.13. The second-order valence-electron chi connectivity index (χ2n) is 10.5. The van der Waals surface area contributed by atoms with Gasteiger partial charge < -0.3 is 15.3 Å². The Balaban J connectivity index is 1.29. The number of hydrogen-bond acceptors (Lipinski definition) is 4. The summed E-state index contributed by atoms with van der Waals surface area (Å²) < 4.78 is 14.1. The van der Waals surface area contributed by atoms with E-state index in [1.54, 1.807) is 19.1 Å². The third-order valence-corrected chi connectivity index (χ3v) is 8.31. The standard InChI is InChI=1S/C28H33FN4O2/c1-19-5-6-23(15-26(19)29)31-27(35)33(12-11-32-10-8-25(34)18-32)24-7-9-28(16-22(28)14-24)21-4-2-3-20(13-21)17-30/h2-6,13,15,22,24-25,34H,7-12,14,16,18H2,1H3,(H,31,35)/t22?,24?,25-,28-/m1/s1. The number of amides is 2. The molecule has 0 bridgehead atoms. The molecule has 5 rings (SSSR count). The number of nitrogens with one attached hydrogen (secondary N) is 1. The quantitative estimate of drug-likeness (QED) is 0.647. The number of likely N-dealkylation sites (tertiary alicyclic amines) is 1. The van der Waals surface area contributed by atoms with Gasteiger partial charge in [-0.2, -0.15) is 5.26 Å². The number of aliphatic hydroxyl groups is 1. The van der Waals surface area contributed by atoms with Crippen LogP contribution in [0.15, 0.2) is 42.5 Å². The monoisotopic (exact) mass is 476 g/mol. The van der Waals surface area contributed by atoms with Gasteiger partial charge in [0.15, 0.2) is 0 Å². The van der Waals surface area contributed by atoms with Gasteiger partial charge in [0.05, 0.1) is 17.7 Å². The number of urea groups is 1. The zero-order valence-corrected chi connectivity index (χ0v) is 20.2. The second kappa shape index (κ2) is 9.60. The maximum atomic E-state index is 14.1. The molecule has 1 heterocycles. The molecule has 0 radical (unpaired) electrons. The van der Waals surface area contributed by atoms with E-state index in [-0.39, 0.29) is 29.4 Å². The highest BCUT2D eigenvalue weighted by atomic mass is 19.1. The van der Waals surface area contributed by atoms with Crippen LogP contribution in [-0.2, 0) is 5.41 Å². The Bertz CT molecular complexity index is 1150. The number of hydrogen-bond donors (Lipinski definition) is 2. The van der Waals surface area contributed by atoms with Crippen LogP contribution in [0.1, 0.15) is 48.8 Å².